The van der Waals surface area contributed by atoms with Gasteiger partial charge in [0.1, 0.15) is 0 Å². The van der Waals surface area contributed by atoms with Crippen LogP contribution in [0.3, 0.4) is 0 Å². The summed E-state index contributed by atoms with van der Waals surface area (Å²) in [6.45, 7) is 2.28. The third-order valence-corrected chi connectivity index (χ3v) is 3.24. The maximum atomic E-state index is 11.7. The lowest BCUT2D eigenvalue weighted by Crippen LogP contribution is -2.41. The van der Waals surface area contributed by atoms with E-state index in [9.17, 15) is 4.79 Å². The molecule has 1 rings (SSSR count). The summed E-state index contributed by atoms with van der Waals surface area (Å²) in [5.41, 5.74) is 0. The molecule has 1 saturated carbocycles. The van der Waals surface area contributed by atoms with Gasteiger partial charge in [-0.25, -0.2) is 0 Å². The molecule has 100 valence electrons. The van der Waals surface area contributed by atoms with Crippen LogP contribution in [0.15, 0.2) is 0 Å². The molecule has 0 aromatic carbocycles. The normalized spacial score (nSPS) is 18.1. The topological polar surface area (TPSA) is 44.4 Å². The van der Waals surface area contributed by atoms with Crippen molar-refractivity contribution in [3.8, 4) is 0 Å². The summed E-state index contributed by atoms with van der Waals surface area (Å²) in [5.74, 6) is 0.149. The van der Waals surface area contributed by atoms with Crippen LogP contribution >= 0.6 is 0 Å². The van der Waals surface area contributed by atoms with Gasteiger partial charge < -0.3 is 15.5 Å². The standard InChI is InChI=1S/C13H27N3O/c1-16(2)10-9-14-11-13(17)15-12-7-5-3-4-6-8-12/h12,14H,3-11H2,1-2H3,(H,15,17). The number of carbonyl (C=O) groups is 1. The Labute approximate surface area is 105 Å². The summed E-state index contributed by atoms with van der Waals surface area (Å²) in [6.07, 6.45) is 7.49. The van der Waals surface area contributed by atoms with E-state index in [1.807, 2.05) is 14.1 Å². The monoisotopic (exact) mass is 241 g/mol. The highest BCUT2D eigenvalue weighted by Crippen LogP contribution is 2.16. The molecule has 0 aromatic rings. The molecule has 0 aromatic heterocycles. The predicted molar refractivity (Wildman–Crippen MR) is 71.1 cm³/mol. The lowest BCUT2D eigenvalue weighted by atomic mass is 10.1. The lowest BCUT2D eigenvalue weighted by Gasteiger charge is -2.16. The van der Waals surface area contributed by atoms with Gasteiger partial charge in [-0.2, -0.15) is 0 Å². The molecule has 0 atom stereocenters. The minimum absolute atomic E-state index is 0.149. The highest BCUT2D eigenvalue weighted by molar-refractivity contribution is 5.78. The molecule has 0 radical (unpaired) electrons. The average molecular weight is 241 g/mol. The van der Waals surface area contributed by atoms with E-state index in [0.29, 0.717) is 12.6 Å². The first-order valence-electron chi connectivity index (χ1n) is 6.83. The van der Waals surface area contributed by atoms with Gasteiger partial charge in [-0.05, 0) is 26.9 Å². The van der Waals surface area contributed by atoms with E-state index in [1.54, 1.807) is 0 Å². The Morgan fingerprint density at radius 2 is 1.82 bits per heavy atom. The van der Waals surface area contributed by atoms with Crippen LogP contribution < -0.4 is 10.6 Å². The SMILES string of the molecule is CN(C)CCNCC(=O)NC1CCCCCC1. The molecular formula is C13H27N3O. The van der Waals surface area contributed by atoms with Gasteiger partial charge in [0.05, 0.1) is 6.54 Å². The lowest BCUT2D eigenvalue weighted by molar-refractivity contribution is -0.121. The van der Waals surface area contributed by atoms with Crippen molar-refractivity contribution in [3.63, 3.8) is 0 Å². The van der Waals surface area contributed by atoms with E-state index < -0.39 is 0 Å². The van der Waals surface area contributed by atoms with Crippen molar-refractivity contribution in [2.45, 2.75) is 44.6 Å². The second-order valence-corrected chi connectivity index (χ2v) is 5.24. The smallest absolute Gasteiger partial charge is 0.234 e. The van der Waals surface area contributed by atoms with Crippen LogP contribution in [0.1, 0.15) is 38.5 Å². The molecule has 4 nitrogen and oxygen atoms in total. The van der Waals surface area contributed by atoms with Crippen molar-refractivity contribution in [3.05, 3.63) is 0 Å². The molecule has 0 bridgehead atoms. The molecule has 0 unspecified atom stereocenters. The van der Waals surface area contributed by atoms with Crippen molar-refractivity contribution < 1.29 is 4.79 Å². The molecule has 0 heterocycles. The Hall–Kier alpha value is -0.610. The fraction of sp³-hybridized carbons (Fsp3) is 0.923. The number of nitrogens with one attached hydrogen (secondary N) is 2. The fourth-order valence-electron chi connectivity index (χ4n) is 2.21. The minimum atomic E-state index is 0.149. The van der Waals surface area contributed by atoms with Gasteiger partial charge >= 0.3 is 0 Å². The van der Waals surface area contributed by atoms with Crippen molar-refractivity contribution in [2.24, 2.45) is 0 Å². The molecule has 1 aliphatic carbocycles. The molecule has 1 aliphatic rings. The zero-order chi connectivity index (χ0) is 12.5. The van der Waals surface area contributed by atoms with Crippen LogP contribution in [0, 0.1) is 0 Å². The van der Waals surface area contributed by atoms with Crippen LogP contribution in [0.5, 0.6) is 0 Å². The molecule has 4 heteroatoms. The first kappa shape index (κ1) is 14.5. The van der Waals surface area contributed by atoms with Crippen LogP contribution in [0.4, 0.5) is 0 Å². The fourth-order valence-corrected chi connectivity index (χ4v) is 2.21. The molecule has 2 N–H and O–H groups in total. The number of carbonyl (C=O) groups excluding carboxylic acids is 1. The van der Waals surface area contributed by atoms with Gasteiger partial charge in [0, 0.05) is 19.1 Å². The van der Waals surface area contributed by atoms with E-state index in [1.165, 1.54) is 25.7 Å². The van der Waals surface area contributed by atoms with E-state index in [0.717, 1.165) is 25.9 Å². The molecule has 0 spiro atoms. The van der Waals surface area contributed by atoms with Crippen LogP contribution in [0.25, 0.3) is 0 Å². The first-order chi connectivity index (χ1) is 8.18. The van der Waals surface area contributed by atoms with E-state index >= 15 is 0 Å². The Morgan fingerprint density at radius 3 is 2.41 bits per heavy atom. The van der Waals surface area contributed by atoms with Gasteiger partial charge in [0.15, 0.2) is 0 Å². The summed E-state index contributed by atoms with van der Waals surface area (Å²) in [7, 11) is 4.07. The van der Waals surface area contributed by atoms with Gasteiger partial charge in [0.25, 0.3) is 0 Å². The summed E-state index contributed by atoms with van der Waals surface area (Å²) < 4.78 is 0. The quantitative estimate of drug-likeness (QED) is 0.538. The highest BCUT2D eigenvalue weighted by atomic mass is 16.1. The van der Waals surface area contributed by atoms with Gasteiger partial charge in [-0.1, -0.05) is 25.7 Å². The second-order valence-electron chi connectivity index (χ2n) is 5.24. The molecule has 1 fully saturated rings. The third-order valence-electron chi connectivity index (χ3n) is 3.24. The zero-order valence-corrected chi connectivity index (χ0v) is 11.3. The molecule has 1 amide bonds. The molecule has 0 aliphatic heterocycles. The maximum Gasteiger partial charge on any atom is 0.234 e. The molecule has 17 heavy (non-hydrogen) atoms. The number of hydrogen-bond acceptors (Lipinski definition) is 3. The predicted octanol–water partition coefficient (Wildman–Crippen LogP) is 0.977. The van der Waals surface area contributed by atoms with E-state index in [2.05, 4.69) is 15.5 Å². The van der Waals surface area contributed by atoms with Crippen molar-refractivity contribution in [1.82, 2.24) is 15.5 Å². The largest absolute Gasteiger partial charge is 0.352 e. The van der Waals surface area contributed by atoms with E-state index in [4.69, 9.17) is 0 Å². The van der Waals surface area contributed by atoms with Gasteiger partial charge in [-0.3, -0.25) is 4.79 Å². The van der Waals surface area contributed by atoms with Crippen LogP contribution in [-0.4, -0.2) is 50.6 Å². The number of likely N-dealkylation sites (N-methyl/N-ethyl adjacent to an activating group) is 1. The van der Waals surface area contributed by atoms with Crippen molar-refractivity contribution in [1.29, 1.82) is 0 Å². The Morgan fingerprint density at radius 1 is 1.18 bits per heavy atom. The molecular weight excluding hydrogens is 214 g/mol. The van der Waals surface area contributed by atoms with Gasteiger partial charge in [-0.15, -0.1) is 0 Å². The number of nitrogens with zero attached hydrogens (tertiary/aromatic N) is 1. The highest BCUT2D eigenvalue weighted by Gasteiger charge is 2.13. The zero-order valence-electron chi connectivity index (χ0n) is 11.3. The summed E-state index contributed by atoms with van der Waals surface area (Å²) >= 11 is 0. The number of hydrogen-bond donors (Lipinski definition) is 2. The Balaban J connectivity index is 2.07. The first-order valence-corrected chi connectivity index (χ1v) is 6.83. The van der Waals surface area contributed by atoms with Crippen molar-refractivity contribution >= 4 is 5.91 Å². The Bertz CT molecular complexity index is 211. The summed E-state index contributed by atoms with van der Waals surface area (Å²) in [4.78, 5) is 13.8. The minimum Gasteiger partial charge on any atom is -0.352 e. The van der Waals surface area contributed by atoms with E-state index in [-0.39, 0.29) is 5.91 Å². The summed E-state index contributed by atoms with van der Waals surface area (Å²) in [6, 6.07) is 0.417. The van der Waals surface area contributed by atoms with Crippen molar-refractivity contribution in [2.75, 3.05) is 33.7 Å². The summed E-state index contributed by atoms with van der Waals surface area (Å²) in [5, 5.41) is 6.30. The van der Waals surface area contributed by atoms with Crippen LogP contribution in [-0.2, 0) is 4.79 Å². The average Bonchev–Trinajstić information content (AvgIpc) is 2.53. The Kier molecular flexibility index (Phi) is 7.21. The number of amides is 1. The second kappa shape index (κ2) is 8.48. The maximum absolute atomic E-state index is 11.7. The van der Waals surface area contributed by atoms with Gasteiger partial charge in [0.2, 0.25) is 5.91 Å². The molecule has 0 saturated heterocycles. The van der Waals surface area contributed by atoms with Crippen LogP contribution in [0.2, 0.25) is 0 Å². The number of rotatable bonds is 6. The third kappa shape index (κ3) is 7.34.